The second-order valence-corrected chi connectivity index (χ2v) is 6.03. The van der Waals surface area contributed by atoms with Crippen molar-refractivity contribution < 1.29 is 18.8 Å². The van der Waals surface area contributed by atoms with Crippen molar-refractivity contribution in [1.29, 1.82) is 0 Å². The number of carbonyl (C=O) groups is 1. The number of hydrogen-bond donors (Lipinski definition) is 2. The second kappa shape index (κ2) is 6.49. The predicted octanol–water partition coefficient (Wildman–Crippen LogP) is 1.51. The largest absolute Gasteiger partial charge is 0.484 e. The minimum atomic E-state index is -0.983. The van der Waals surface area contributed by atoms with Crippen LogP contribution in [-0.2, 0) is 4.79 Å². The van der Waals surface area contributed by atoms with Crippen LogP contribution in [0.2, 0.25) is 0 Å². The third kappa shape index (κ3) is 3.76. The normalized spacial score (nSPS) is 25.9. The molecule has 8 heteroatoms. The van der Waals surface area contributed by atoms with Crippen molar-refractivity contribution in [3.63, 3.8) is 0 Å². The van der Waals surface area contributed by atoms with Gasteiger partial charge < -0.3 is 15.4 Å². The van der Waals surface area contributed by atoms with Crippen molar-refractivity contribution in [3.05, 3.63) is 34.1 Å². The molecule has 7 nitrogen and oxygen atoms in total. The van der Waals surface area contributed by atoms with Gasteiger partial charge in [0.05, 0.1) is 4.92 Å². The predicted molar refractivity (Wildman–Crippen MR) is 79.7 cm³/mol. The molecule has 2 atom stereocenters. The van der Waals surface area contributed by atoms with E-state index in [1.165, 1.54) is 6.07 Å². The molecule has 1 aromatic carbocycles. The van der Waals surface area contributed by atoms with Crippen LogP contribution in [0, 0.1) is 15.9 Å². The molecule has 1 amide bonds. The molecule has 0 saturated carbocycles. The summed E-state index contributed by atoms with van der Waals surface area (Å²) in [6, 6.07) is 4.30. The van der Waals surface area contributed by atoms with E-state index >= 15 is 0 Å². The summed E-state index contributed by atoms with van der Waals surface area (Å²) in [5, 5.41) is 17.0. The quantitative estimate of drug-likeness (QED) is 0.633. The highest BCUT2D eigenvalue weighted by Gasteiger charge is 2.33. The minimum absolute atomic E-state index is 0.0913. The van der Waals surface area contributed by atoms with E-state index in [0.29, 0.717) is 12.1 Å². The lowest BCUT2D eigenvalue weighted by atomic mass is 10.00. The maximum atomic E-state index is 13.5. The molecule has 2 aliphatic heterocycles. The van der Waals surface area contributed by atoms with E-state index in [4.69, 9.17) is 4.74 Å². The molecule has 2 bridgehead atoms. The van der Waals surface area contributed by atoms with Crippen molar-refractivity contribution in [1.82, 2.24) is 10.6 Å². The molecule has 124 valence electrons. The van der Waals surface area contributed by atoms with Gasteiger partial charge >= 0.3 is 5.69 Å². The van der Waals surface area contributed by atoms with Crippen molar-refractivity contribution >= 4 is 11.6 Å². The number of carbonyl (C=O) groups excluding carboxylic acids is 1. The van der Waals surface area contributed by atoms with Crippen molar-refractivity contribution in [2.75, 3.05) is 6.61 Å². The van der Waals surface area contributed by atoms with Gasteiger partial charge in [-0.25, -0.2) is 0 Å². The van der Waals surface area contributed by atoms with Gasteiger partial charge in [0.2, 0.25) is 5.82 Å². The third-order valence-corrected chi connectivity index (χ3v) is 4.32. The van der Waals surface area contributed by atoms with E-state index < -0.39 is 16.4 Å². The molecule has 1 aromatic rings. The van der Waals surface area contributed by atoms with Crippen LogP contribution >= 0.6 is 0 Å². The zero-order chi connectivity index (χ0) is 16.4. The Labute approximate surface area is 132 Å². The van der Waals surface area contributed by atoms with Crippen LogP contribution < -0.4 is 15.4 Å². The first-order valence-electron chi connectivity index (χ1n) is 7.63. The van der Waals surface area contributed by atoms with E-state index in [0.717, 1.165) is 37.8 Å². The van der Waals surface area contributed by atoms with E-state index in [-0.39, 0.29) is 24.3 Å². The molecule has 0 aliphatic carbocycles. The van der Waals surface area contributed by atoms with Gasteiger partial charge in [0.15, 0.2) is 6.61 Å². The number of rotatable bonds is 5. The first-order chi connectivity index (χ1) is 11.0. The average molecular weight is 323 g/mol. The van der Waals surface area contributed by atoms with Crippen LogP contribution in [0.4, 0.5) is 10.1 Å². The fourth-order valence-electron chi connectivity index (χ4n) is 3.32. The molecule has 0 aromatic heterocycles. The maximum Gasteiger partial charge on any atom is 0.305 e. The molecule has 2 aliphatic rings. The van der Waals surface area contributed by atoms with Crippen molar-refractivity contribution in [3.8, 4) is 5.75 Å². The topological polar surface area (TPSA) is 93.5 Å². The number of ether oxygens (including phenoxy) is 1. The highest BCUT2D eigenvalue weighted by molar-refractivity contribution is 5.77. The average Bonchev–Trinajstić information content (AvgIpc) is 2.84. The Morgan fingerprint density at radius 3 is 2.70 bits per heavy atom. The molecule has 0 spiro atoms. The van der Waals surface area contributed by atoms with Gasteiger partial charge in [0.25, 0.3) is 5.91 Å². The SMILES string of the molecule is O=C(COc1ccc([N+](=O)[O-])c(F)c1)NC1CC2CCC(C1)N2. The number of nitro groups is 1. The smallest absolute Gasteiger partial charge is 0.305 e. The Morgan fingerprint density at radius 2 is 2.09 bits per heavy atom. The van der Waals surface area contributed by atoms with Crippen molar-refractivity contribution in [2.45, 2.75) is 43.8 Å². The van der Waals surface area contributed by atoms with Crippen LogP contribution in [0.15, 0.2) is 18.2 Å². The summed E-state index contributed by atoms with van der Waals surface area (Å²) in [7, 11) is 0. The molecule has 0 radical (unpaired) electrons. The van der Waals surface area contributed by atoms with E-state index in [1.807, 2.05) is 0 Å². The van der Waals surface area contributed by atoms with Crippen molar-refractivity contribution in [2.24, 2.45) is 0 Å². The van der Waals surface area contributed by atoms with E-state index in [9.17, 15) is 19.3 Å². The van der Waals surface area contributed by atoms with Gasteiger partial charge in [-0.3, -0.25) is 14.9 Å². The Morgan fingerprint density at radius 1 is 1.39 bits per heavy atom. The Hall–Kier alpha value is -2.22. The van der Waals surface area contributed by atoms with Crippen LogP contribution in [0.1, 0.15) is 25.7 Å². The molecular weight excluding hydrogens is 305 g/mol. The highest BCUT2D eigenvalue weighted by Crippen LogP contribution is 2.26. The number of benzene rings is 1. The van der Waals surface area contributed by atoms with Gasteiger partial charge in [0.1, 0.15) is 5.75 Å². The number of amides is 1. The summed E-state index contributed by atoms with van der Waals surface area (Å²) in [5.74, 6) is -1.16. The molecule has 3 rings (SSSR count). The van der Waals surface area contributed by atoms with Gasteiger partial charge in [-0.15, -0.1) is 0 Å². The summed E-state index contributed by atoms with van der Waals surface area (Å²) in [4.78, 5) is 21.6. The molecule has 2 N–H and O–H groups in total. The van der Waals surface area contributed by atoms with Crippen LogP contribution in [0.3, 0.4) is 0 Å². The summed E-state index contributed by atoms with van der Waals surface area (Å²) < 4.78 is 18.7. The van der Waals surface area contributed by atoms with E-state index in [2.05, 4.69) is 10.6 Å². The Kier molecular flexibility index (Phi) is 4.42. The van der Waals surface area contributed by atoms with Crippen LogP contribution in [-0.4, -0.2) is 35.6 Å². The third-order valence-electron chi connectivity index (χ3n) is 4.32. The molecule has 2 fully saturated rings. The Balaban J connectivity index is 1.49. The maximum absolute atomic E-state index is 13.5. The van der Waals surface area contributed by atoms with Gasteiger partial charge in [-0.2, -0.15) is 4.39 Å². The van der Waals surface area contributed by atoms with Gasteiger partial charge in [-0.05, 0) is 31.7 Å². The standard InChI is InChI=1S/C15H18FN3O4/c16-13-7-12(3-4-14(13)19(21)22)23-8-15(20)18-11-5-9-1-2-10(6-11)17-9/h3-4,7,9-11,17H,1-2,5-6,8H2,(H,18,20). The van der Waals surface area contributed by atoms with Crippen LogP contribution in [0.25, 0.3) is 0 Å². The van der Waals surface area contributed by atoms with E-state index in [1.54, 1.807) is 0 Å². The zero-order valence-corrected chi connectivity index (χ0v) is 12.5. The number of nitrogens with zero attached hydrogens (tertiary/aromatic N) is 1. The fraction of sp³-hybridized carbons (Fsp3) is 0.533. The Bertz CT molecular complexity index is 613. The summed E-state index contributed by atoms with van der Waals surface area (Å²) in [6.45, 7) is -0.240. The summed E-state index contributed by atoms with van der Waals surface area (Å²) in [6.07, 6.45) is 4.12. The molecule has 2 saturated heterocycles. The monoisotopic (exact) mass is 323 g/mol. The van der Waals surface area contributed by atoms with Gasteiger partial charge in [-0.1, -0.05) is 0 Å². The number of nitrogens with one attached hydrogen (secondary N) is 2. The summed E-state index contributed by atoms with van der Waals surface area (Å²) in [5.41, 5.74) is -0.619. The first kappa shape index (κ1) is 15.7. The molecule has 2 unspecified atom stereocenters. The number of piperidine rings is 1. The lowest BCUT2D eigenvalue weighted by Gasteiger charge is -2.29. The van der Waals surface area contributed by atoms with Gasteiger partial charge in [0, 0.05) is 30.3 Å². The molecule has 23 heavy (non-hydrogen) atoms. The highest BCUT2D eigenvalue weighted by atomic mass is 19.1. The van der Waals surface area contributed by atoms with Crippen LogP contribution in [0.5, 0.6) is 5.75 Å². The second-order valence-electron chi connectivity index (χ2n) is 6.03. The minimum Gasteiger partial charge on any atom is -0.484 e. The molecule has 2 heterocycles. The summed E-state index contributed by atoms with van der Waals surface area (Å²) >= 11 is 0. The number of nitro benzene ring substituents is 1. The fourth-order valence-corrected chi connectivity index (χ4v) is 3.32. The lowest BCUT2D eigenvalue weighted by Crippen LogP contribution is -2.48. The lowest BCUT2D eigenvalue weighted by molar-refractivity contribution is -0.387. The number of halogens is 1. The number of fused-ring (bicyclic) bond motifs is 2. The molecular formula is C15H18FN3O4. The number of hydrogen-bond acceptors (Lipinski definition) is 5. The zero-order valence-electron chi connectivity index (χ0n) is 12.5. The first-order valence-corrected chi connectivity index (χ1v) is 7.63.